The van der Waals surface area contributed by atoms with Crippen LogP contribution < -0.4 is 4.74 Å². The van der Waals surface area contributed by atoms with Crippen molar-refractivity contribution in [2.24, 2.45) is 0 Å². The Balaban J connectivity index is 2.30. The molecule has 0 aliphatic heterocycles. The fourth-order valence-corrected chi connectivity index (χ4v) is 1.79. The van der Waals surface area contributed by atoms with Crippen LogP contribution in [0, 0.1) is 17.0 Å². The van der Waals surface area contributed by atoms with Crippen LogP contribution in [0.3, 0.4) is 0 Å². The fraction of sp³-hybridized carbons (Fsp3) is 0.0909. The van der Waals surface area contributed by atoms with Crippen molar-refractivity contribution < 1.29 is 9.66 Å². The number of hydrogen-bond donors (Lipinski definition) is 0. The second-order valence-corrected chi connectivity index (χ2v) is 4.34. The lowest BCUT2D eigenvalue weighted by molar-refractivity contribution is -0.384. The second kappa shape index (κ2) is 5.38. The zero-order valence-corrected chi connectivity index (χ0v) is 11.1. The normalized spacial score (nSPS) is 10.3. The molecule has 1 aromatic carbocycles. The molecule has 98 valence electrons. The summed E-state index contributed by atoms with van der Waals surface area (Å²) in [5.41, 5.74) is 0.516. The van der Waals surface area contributed by atoms with Crippen molar-refractivity contribution in [2.45, 2.75) is 6.92 Å². The molecule has 0 saturated heterocycles. The number of nitrogens with zero attached hydrogens (tertiary/aromatic N) is 3. The summed E-state index contributed by atoms with van der Waals surface area (Å²) in [5.74, 6) is 0.467. The molecule has 2 rings (SSSR count). The molecule has 19 heavy (non-hydrogen) atoms. The molecule has 8 heteroatoms. The first-order valence-corrected chi connectivity index (χ1v) is 5.84. The van der Waals surface area contributed by atoms with Crippen LogP contribution in [0.5, 0.6) is 11.6 Å². The van der Waals surface area contributed by atoms with Crippen LogP contribution >= 0.6 is 23.2 Å². The Hall–Kier alpha value is -1.92. The third-order valence-electron chi connectivity index (χ3n) is 2.14. The molecule has 0 N–H and O–H groups in total. The molecule has 0 bridgehead atoms. The monoisotopic (exact) mass is 299 g/mol. The van der Waals surface area contributed by atoms with Gasteiger partial charge in [0.2, 0.25) is 11.2 Å². The maximum absolute atomic E-state index is 10.6. The summed E-state index contributed by atoms with van der Waals surface area (Å²) in [7, 11) is 0. The SMILES string of the molecule is Cc1cc(Oc2ccc([N+](=O)[O-])cc2Cl)nc(Cl)n1. The molecular weight excluding hydrogens is 293 g/mol. The molecule has 0 radical (unpaired) electrons. The minimum absolute atomic E-state index is 0.0491. The van der Waals surface area contributed by atoms with Gasteiger partial charge in [-0.2, -0.15) is 4.98 Å². The second-order valence-electron chi connectivity index (χ2n) is 3.59. The van der Waals surface area contributed by atoms with Gasteiger partial charge >= 0.3 is 0 Å². The van der Waals surface area contributed by atoms with Crippen molar-refractivity contribution in [1.29, 1.82) is 0 Å². The highest BCUT2D eigenvalue weighted by Crippen LogP contribution is 2.31. The number of nitro benzene ring substituents is 1. The maximum Gasteiger partial charge on any atom is 0.271 e. The topological polar surface area (TPSA) is 78.2 Å². The highest BCUT2D eigenvalue weighted by Gasteiger charge is 2.12. The molecule has 0 atom stereocenters. The number of nitro groups is 1. The van der Waals surface area contributed by atoms with E-state index in [2.05, 4.69) is 9.97 Å². The Labute approximate surface area is 118 Å². The highest BCUT2D eigenvalue weighted by molar-refractivity contribution is 6.32. The van der Waals surface area contributed by atoms with Crippen molar-refractivity contribution in [2.75, 3.05) is 0 Å². The lowest BCUT2D eigenvalue weighted by Gasteiger charge is -2.07. The Morgan fingerprint density at radius 2 is 2.00 bits per heavy atom. The van der Waals surface area contributed by atoms with Crippen LogP contribution in [0.25, 0.3) is 0 Å². The molecule has 0 aliphatic rings. The van der Waals surface area contributed by atoms with Gasteiger partial charge < -0.3 is 4.74 Å². The minimum Gasteiger partial charge on any atom is -0.437 e. The molecular formula is C11H7Cl2N3O3. The number of halogens is 2. The number of benzene rings is 1. The summed E-state index contributed by atoms with van der Waals surface area (Å²) < 4.78 is 5.42. The zero-order chi connectivity index (χ0) is 14.0. The smallest absolute Gasteiger partial charge is 0.271 e. The predicted octanol–water partition coefficient (Wildman–Crippen LogP) is 3.79. The number of rotatable bonds is 3. The van der Waals surface area contributed by atoms with Crippen LogP contribution in [0.1, 0.15) is 5.69 Å². The van der Waals surface area contributed by atoms with Gasteiger partial charge in [0.25, 0.3) is 5.69 Å². The Bertz CT molecular complexity index is 629. The summed E-state index contributed by atoms with van der Waals surface area (Å²) in [6.45, 7) is 1.73. The average molecular weight is 300 g/mol. The van der Waals surface area contributed by atoms with Crippen LogP contribution in [0.15, 0.2) is 24.3 Å². The van der Waals surface area contributed by atoms with E-state index in [1.807, 2.05) is 0 Å². The lowest BCUT2D eigenvalue weighted by Crippen LogP contribution is -1.94. The van der Waals surface area contributed by atoms with E-state index in [0.29, 0.717) is 5.69 Å². The standard InChI is InChI=1S/C11H7Cl2N3O3/c1-6-4-10(15-11(13)14-6)19-9-3-2-7(16(17)18)5-8(9)12/h2-5H,1H3. The van der Waals surface area contributed by atoms with Gasteiger partial charge in [-0.1, -0.05) is 11.6 Å². The van der Waals surface area contributed by atoms with E-state index in [4.69, 9.17) is 27.9 Å². The third kappa shape index (κ3) is 3.30. The third-order valence-corrected chi connectivity index (χ3v) is 2.61. The number of hydrogen-bond acceptors (Lipinski definition) is 5. The van der Waals surface area contributed by atoms with Gasteiger partial charge in [-0.15, -0.1) is 0 Å². The quantitative estimate of drug-likeness (QED) is 0.489. The predicted molar refractivity (Wildman–Crippen MR) is 70.0 cm³/mol. The van der Waals surface area contributed by atoms with E-state index in [0.717, 1.165) is 0 Å². The fourth-order valence-electron chi connectivity index (χ4n) is 1.36. The van der Waals surface area contributed by atoms with Crippen molar-refractivity contribution in [1.82, 2.24) is 9.97 Å². The van der Waals surface area contributed by atoms with Crippen molar-refractivity contribution in [3.8, 4) is 11.6 Å². The van der Waals surface area contributed by atoms with Crippen LogP contribution in [-0.2, 0) is 0 Å². The lowest BCUT2D eigenvalue weighted by atomic mass is 10.3. The summed E-state index contributed by atoms with van der Waals surface area (Å²) >= 11 is 11.6. The van der Waals surface area contributed by atoms with Gasteiger partial charge in [0, 0.05) is 23.9 Å². The van der Waals surface area contributed by atoms with E-state index in [1.54, 1.807) is 13.0 Å². The Kier molecular flexibility index (Phi) is 3.82. The van der Waals surface area contributed by atoms with Crippen molar-refractivity contribution >= 4 is 28.9 Å². The molecule has 6 nitrogen and oxygen atoms in total. The summed E-state index contributed by atoms with van der Waals surface area (Å²) in [6, 6.07) is 5.46. The number of ether oxygens (including phenoxy) is 1. The Morgan fingerprint density at radius 1 is 1.26 bits per heavy atom. The molecule has 0 spiro atoms. The summed E-state index contributed by atoms with van der Waals surface area (Å²) in [6.07, 6.45) is 0. The summed E-state index contributed by atoms with van der Waals surface area (Å²) in [5, 5.41) is 10.7. The highest BCUT2D eigenvalue weighted by atomic mass is 35.5. The van der Waals surface area contributed by atoms with E-state index in [1.165, 1.54) is 18.2 Å². The first-order chi connectivity index (χ1) is 8.95. The van der Waals surface area contributed by atoms with Crippen molar-refractivity contribution in [3.05, 3.63) is 50.4 Å². The van der Waals surface area contributed by atoms with Gasteiger partial charge in [0.05, 0.1) is 9.95 Å². The zero-order valence-electron chi connectivity index (χ0n) is 9.63. The van der Waals surface area contributed by atoms with Gasteiger partial charge in [0.15, 0.2) is 0 Å². The van der Waals surface area contributed by atoms with Gasteiger partial charge in [0.1, 0.15) is 5.75 Å². The van der Waals surface area contributed by atoms with Gasteiger partial charge in [-0.05, 0) is 24.6 Å². The van der Waals surface area contributed by atoms with E-state index < -0.39 is 4.92 Å². The Morgan fingerprint density at radius 3 is 2.58 bits per heavy atom. The molecule has 0 unspecified atom stereocenters. The van der Waals surface area contributed by atoms with Gasteiger partial charge in [-0.3, -0.25) is 10.1 Å². The molecule has 1 heterocycles. The maximum atomic E-state index is 10.6. The van der Waals surface area contributed by atoms with Crippen molar-refractivity contribution in [3.63, 3.8) is 0 Å². The average Bonchev–Trinajstić information content (AvgIpc) is 2.30. The first kappa shape index (κ1) is 13.5. The summed E-state index contributed by atoms with van der Waals surface area (Å²) in [4.78, 5) is 17.8. The first-order valence-electron chi connectivity index (χ1n) is 5.08. The molecule has 0 aliphatic carbocycles. The number of aryl methyl sites for hydroxylation is 1. The van der Waals surface area contributed by atoms with E-state index in [9.17, 15) is 10.1 Å². The van der Waals surface area contributed by atoms with E-state index >= 15 is 0 Å². The minimum atomic E-state index is -0.540. The molecule has 2 aromatic rings. The molecule has 0 fully saturated rings. The molecule has 0 amide bonds. The molecule has 0 saturated carbocycles. The molecule has 1 aromatic heterocycles. The number of aromatic nitrogens is 2. The van der Waals surface area contributed by atoms with Crippen LogP contribution in [-0.4, -0.2) is 14.9 Å². The van der Waals surface area contributed by atoms with E-state index in [-0.39, 0.29) is 27.6 Å². The number of non-ortho nitro benzene ring substituents is 1. The van der Waals surface area contributed by atoms with Crippen LogP contribution in [0.2, 0.25) is 10.3 Å². The van der Waals surface area contributed by atoms with Crippen LogP contribution in [0.4, 0.5) is 5.69 Å². The largest absolute Gasteiger partial charge is 0.437 e. The van der Waals surface area contributed by atoms with Gasteiger partial charge in [-0.25, -0.2) is 4.98 Å².